The number of carbonyl (C=O) groups excluding carboxylic acids is 2. The van der Waals surface area contributed by atoms with Crippen molar-refractivity contribution in [3.05, 3.63) is 35.4 Å². The molecule has 0 bridgehead atoms. The van der Waals surface area contributed by atoms with Crippen molar-refractivity contribution in [2.24, 2.45) is 11.7 Å². The van der Waals surface area contributed by atoms with Crippen LogP contribution in [0.1, 0.15) is 48.0 Å². The summed E-state index contributed by atoms with van der Waals surface area (Å²) in [6, 6.07) is 7.59. The summed E-state index contributed by atoms with van der Waals surface area (Å²) in [5, 5.41) is 5.95. The Labute approximate surface area is 155 Å². The topological polar surface area (TPSA) is 87.5 Å². The van der Waals surface area contributed by atoms with Crippen LogP contribution in [-0.2, 0) is 11.3 Å². The van der Waals surface area contributed by atoms with Gasteiger partial charge < -0.3 is 21.3 Å². The minimum Gasteiger partial charge on any atom is -0.352 e. The third-order valence-corrected chi connectivity index (χ3v) is 5.44. The molecule has 1 heterocycles. The van der Waals surface area contributed by atoms with Crippen molar-refractivity contribution >= 4 is 11.8 Å². The fraction of sp³-hybridized carbons (Fsp3) is 0.600. The third-order valence-electron chi connectivity index (χ3n) is 5.44. The standard InChI is InChI=1S/C20H30N4O2/c21-18-8-7-17(13-18)20(26)23-14-15-3-5-16(6-4-15)19(25)22-9-12-24-10-1-2-11-24/h3-6,17-18H,1-2,7-14,21H2,(H,22,25)(H,23,26). The maximum Gasteiger partial charge on any atom is 0.251 e. The lowest BCUT2D eigenvalue weighted by atomic mass is 10.1. The molecule has 2 unspecified atom stereocenters. The van der Waals surface area contributed by atoms with E-state index < -0.39 is 0 Å². The summed E-state index contributed by atoms with van der Waals surface area (Å²) in [4.78, 5) is 26.7. The number of nitrogens with zero attached hydrogens (tertiary/aromatic N) is 1. The highest BCUT2D eigenvalue weighted by atomic mass is 16.2. The van der Waals surface area contributed by atoms with Crippen molar-refractivity contribution in [2.75, 3.05) is 26.2 Å². The van der Waals surface area contributed by atoms with Gasteiger partial charge in [0.2, 0.25) is 5.91 Å². The molecule has 1 aromatic carbocycles. The lowest BCUT2D eigenvalue weighted by Gasteiger charge is -2.14. The van der Waals surface area contributed by atoms with Gasteiger partial charge in [0, 0.05) is 37.2 Å². The number of hydrogen-bond acceptors (Lipinski definition) is 4. The highest BCUT2D eigenvalue weighted by molar-refractivity contribution is 5.94. The van der Waals surface area contributed by atoms with Gasteiger partial charge in [-0.05, 0) is 62.9 Å². The molecule has 4 N–H and O–H groups in total. The van der Waals surface area contributed by atoms with Crippen molar-refractivity contribution in [2.45, 2.75) is 44.7 Å². The van der Waals surface area contributed by atoms with Crippen LogP contribution in [0.15, 0.2) is 24.3 Å². The van der Waals surface area contributed by atoms with Gasteiger partial charge >= 0.3 is 0 Å². The maximum absolute atomic E-state index is 12.2. The maximum atomic E-state index is 12.2. The summed E-state index contributed by atoms with van der Waals surface area (Å²) in [5.74, 6) is 0.0899. The second kappa shape index (κ2) is 9.14. The fourth-order valence-electron chi connectivity index (χ4n) is 3.80. The van der Waals surface area contributed by atoms with E-state index in [0.29, 0.717) is 18.7 Å². The Morgan fingerprint density at radius 2 is 1.81 bits per heavy atom. The predicted molar refractivity (Wildman–Crippen MR) is 102 cm³/mol. The zero-order valence-corrected chi connectivity index (χ0v) is 15.4. The Morgan fingerprint density at radius 1 is 1.08 bits per heavy atom. The highest BCUT2D eigenvalue weighted by Gasteiger charge is 2.27. The molecule has 1 saturated heterocycles. The molecular formula is C20H30N4O2. The largest absolute Gasteiger partial charge is 0.352 e. The Kier molecular flexibility index (Phi) is 6.63. The van der Waals surface area contributed by atoms with Gasteiger partial charge in [0.25, 0.3) is 5.91 Å². The van der Waals surface area contributed by atoms with Crippen LogP contribution < -0.4 is 16.4 Å². The number of nitrogens with two attached hydrogens (primary N) is 1. The van der Waals surface area contributed by atoms with Crippen molar-refractivity contribution < 1.29 is 9.59 Å². The van der Waals surface area contributed by atoms with Crippen LogP contribution in [-0.4, -0.2) is 48.9 Å². The minimum absolute atomic E-state index is 0.0419. The average Bonchev–Trinajstić information content (AvgIpc) is 3.32. The van der Waals surface area contributed by atoms with Crippen LogP contribution in [0.25, 0.3) is 0 Å². The lowest BCUT2D eigenvalue weighted by Crippen LogP contribution is -2.33. The number of hydrogen-bond donors (Lipinski definition) is 3. The van der Waals surface area contributed by atoms with Gasteiger partial charge in [0.15, 0.2) is 0 Å². The molecule has 0 aromatic heterocycles. The second-order valence-electron chi connectivity index (χ2n) is 7.49. The van der Waals surface area contributed by atoms with Crippen molar-refractivity contribution in [1.29, 1.82) is 0 Å². The predicted octanol–water partition coefficient (Wildman–Crippen LogP) is 1.26. The second-order valence-corrected chi connectivity index (χ2v) is 7.49. The quantitative estimate of drug-likeness (QED) is 0.685. The van der Waals surface area contributed by atoms with E-state index in [9.17, 15) is 9.59 Å². The highest BCUT2D eigenvalue weighted by Crippen LogP contribution is 2.24. The summed E-state index contributed by atoms with van der Waals surface area (Å²) in [6.07, 6.45) is 5.12. The Morgan fingerprint density at radius 3 is 2.46 bits per heavy atom. The van der Waals surface area contributed by atoms with Gasteiger partial charge in [0.05, 0.1) is 0 Å². The van der Waals surface area contributed by atoms with Crippen LogP contribution >= 0.6 is 0 Å². The monoisotopic (exact) mass is 358 g/mol. The molecule has 1 saturated carbocycles. The van der Waals surface area contributed by atoms with Gasteiger partial charge in [-0.1, -0.05) is 12.1 Å². The molecule has 1 aromatic rings. The van der Waals surface area contributed by atoms with E-state index >= 15 is 0 Å². The molecule has 0 radical (unpaired) electrons. The Bertz CT molecular complexity index is 611. The van der Waals surface area contributed by atoms with Gasteiger partial charge in [0.1, 0.15) is 0 Å². The van der Waals surface area contributed by atoms with Crippen molar-refractivity contribution in [3.8, 4) is 0 Å². The van der Waals surface area contributed by atoms with Gasteiger partial charge in [-0.3, -0.25) is 9.59 Å². The fourth-order valence-corrected chi connectivity index (χ4v) is 3.80. The van der Waals surface area contributed by atoms with Crippen LogP contribution in [0.5, 0.6) is 0 Å². The van der Waals surface area contributed by atoms with E-state index in [2.05, 4.69) is 15.5 Å². The number of benzene rings is 1. The van der Waals surface area contributed by atoms with Crippen molar-refractivity contribution in [1.82, 2.24) is 15.5 Å². The lowest BCUT2D eigenvalue weighted by molar-refractivity contribution is -0.125. The number of carbonyl (C=O) groups is 2. The molecule has 26 heavy (non-hydrogen) atoms. The zero-order chi connectivity index (χ0) is 18.4. The average molecular weight is 358 g/mol. The van der Waals surface area contributed by atoms with E-state index in [1.807, 2.05) is 24.3 Å². The number of likely N-dealkylation sites (tertiary alicyclic amines) is 1. The number of nitrogens with one attached hydrogen (secondary N) is 2. The van der Waals surface area contributed by atoms with Gasteiger partial charge in [-0.25, -0.2) is 0 Å². The minimum atomic E-state index is -0.0419. The summed E-state index contributed by atoms with van der Waals surface area (Å²) in [5.41, 5.74) is 7.52. The van der Waals surface area contributed by atoms with Crippen LogP contribution in [0.2, 0.25) is 0 Å². The van der Waals surface area contributed by atoms with Crippen molar-refractivity contribution in [3.63, 3.8) is 0 Å². The molecule has 2 amide bonds. The molecule has 142 valence electrons. The first-order valence-electron chi connectivity index (χ1n) is 9.74. The molecular weight excluding hydrogens is 328 g/mol. The first kappa shape index (κ1) is 18.9. The van der Waals surface area contributed by atoms with E-state index in [1.165, 1.54) is 12.8 Å². The summed E-state index contributed by atoms with van der Waals surface area (Å²) in [6.45, 7) is 4.37. The molecule has 6 heteroatoms. The third kappa shape index (κ3) is 5.29. The Balaban J connectivity index is 1.39. The summed E-state index contributed by atoms with van der Waals surface area (Å²) < 4.78 is 0. The zero-order valence-electron chi connectivity index (χ0n) is 15.4. The normalized spacial score (nSPS) is 23.1. The molecule has 2 fully saturated rings. The van der Waals surface area contributed by atoms with Crippen LogP contribution in [0.3, 0.4) is 0 Å². The van der Waals surface area contributed by atoms with Gasteiger partial charge in [-0.2, -0.15) is 0 Å². The Hall–Kier alpha value is -1.92. The molecule has 1 aliphatic carbocycles. The first-order chi connectivity index (χ1) is 12.6. The first-order valence-corrected chi connectivity index (χ1v) is 9.74. The molecule has 1 aliphatic heterocycles. The van der Waals surface area contributed by atoms with Crippen LogP contribution in [0.4, 0.5) is 0 Å². The van der Waals surface area contributed by atoms with Crippen LogP contribution in [0, 0.1) is 5.92 Å². The SMILES string of the molecule is NC1CCC(C(=O)NCc2ccc(C(=O)NCCN3CCCC3)cc2)C1. The molecule has 6 nitrogen and oxygen atoms in total. The van der Waals surface area contributed by atoms with E-state index in [1.54, 1.807) is 0 Å². The molecule has 2 atom stereocenters. The smallest absolute Gasteiger partial charge is 0.251 e. The molecule has 3 rings (SSSR count). The number of rotatable bonds is 7. The van der Waals surface area contributed by atoms with E-state index in [-0.39, 0.29) is 23.8 Å². The van der Waals surface area contributed by atoms with E-state index in [0.717, 1.165) is 44.5 Å². The molecule has 2 aliphatic rings. The van der Waals surface area contributed by atoms with Gasteiger partial charge in [-0.15, -0.1) is 0 Å². The number of amides is 2. The summed E-state index contributed by atoms with van der Waals surface area (Å²) in [7, 11) is 0. The van der Waals surface area contributed by atoms with E-state index in [4.69, 9.17) is 5.73 Å². The summed E-state index contributed by atoms with van der Waals surface area (Å²) >= 11 is 0. The molecule has 0 spiro atoms.